The SMILES string of the molecule is C[C@@H](CO)Oc1cc(Oc2cc(F)cc(F)c2)cc(C(=O)Nc2ccn[nH]2)c1. The number of rotatable bonds is 7. The first-order valence-corrected chi connectivity index (χ1v) is 8.30. The molecule has 1 amide bonds. The summed E-state index contributed by atoms with van der Waals surface area (Å²) in [5, 5.41) is 18.1. The Bertz CT molecular complexity index is 944. The van der Waals surface area contributed by atoms with E-state index in [1.54, 1.807) is 13.0 Å². The molecule has 9 heteroatoms. The summed E-state index contributed by atoms with van der Waals surface area (Å²) in [6, 6.07) is 8.61. The third kappa shape index (κ3) is 5.04. The van der Waals surface area contributed by atoms with Crippen molar-refractivity contribution in [3.8, 4) is 17.2 Å². The molecule has 0 aliphatic carbocycles. The van der Waals surface area contributed by atoms with Crippen LogP contribution in [0.15, 0.2) is 48.7 Å². The van der Waals surface area contributed by atoms with Gasteiger partial charge in [0, 0.05) is 35.9 Å². The molecule has 3 aromatic rings. The number of halogens is 2. The molecule has 28 heavy (non-hydrogen) atoms. The number of hydrogen-bond donors (Lipinski definition) is 3. The molecule has 0 radical (unpaired) electrons. The highest BCUT2D eigenvalue weighted by Gasteiger charge is 2.14. The van der Waals surface area contributed by atoms with Gasteiger partial charge >= 0.3 is 0 Å². The highest BCUT2D eigenvalue weighted by molar-refractivity contribution is 6.04. The average Bonchev–Trinajstić information content (AvgIpc) is 3.13. The number of aromatic amines is 1. The minimum atomic E-state index is -0.798. The molecule has 1 atom stereocenters. The standard InChI is InChI=1S/C19H17F2N3O4/c1-11(10-25)27-15-4-12(19(26)23-18-2-3-22-24-18)5-16(9-15)28-17-7-13(20)6-14(21)8-17/h2-9,11,25H,10H2,1H3,(H2,22,23,24,26)/t11-/m0/s1. The fourth-order valence-electron chi connectivity index (χ4n) is 2.34. The molecule has 0 aliphatic heterocycles. The van der Waals surface area contributed by atoms with Crippen LogP contribution in [0.2, 0.25) is 0 Å². The summed E-state index contributed by atoms with van der Waals surface area (Å²) in [5.74, 6) is -1.41. The van der Waals surface area contributed by atoms with Gasteiger partial charge in [0.15, 0.2) is 0 Å². The van der Waals surface area contributed by atoms with E-state index in [1.165, 1.54) is 24.4 Å². The van der Waals surface area contributed by atoms with Crippen molar-refractivity contribution in [2.45, 2.75) is 13.0 Å². The molecular weight excluding hydrogens is 372 g/mol. The first-order valence-electron chi connectivity index (χ1n) is 8.30. The van der Waals surface area contributed by atoms with Crippen molar-refractivity contribution in [3.63, 3.8) is 0 Å². The Morgan fingerprint density at radius 3 is 2.46 bits per heavy atom. The van der Waals surface area contributed by atoms with Crippen LogP contribution in [-0.4, -0.2) is 33.9 Å². The Labute approximate surface area is 158 Å². The number of aliphatic hydroxyl groups excluding tert-OH is 1. The van der Waals surface area contributed by atoms with Crippen LogP contribution in [0, 0.1) is 11.6 Å². The molecule has 146 valence electrons. The lowest BCUT2D eigenvalue weighted by molar-refractivity contribution is 0.102. The van der Waals surface area contributed by atoms with E-state index in [1.807, 2.05) is 0 Å². The van der Waals surface area contributed by atoms with Gasteiger partial charge in [-0.3, -0.25) is 9.89 Å². The van der Waals surface area contributed by atoms with Crippen molar-refractivity contribution in [1.82, 2.24) is 10.2 Å². The Hall–Kier alpha value is -3.46. The maximum absolute atomic E-state index is 13.4. The second-order valence-corrected chi connectivity index (χ2v) is 5.94. The maximum Gasteiger partial charge on any atom is 0.257 e. The lowest BCUT2D eigenvalue weighted by Gasteiger charge is -2.15. The number of benzene rings is 2. The zero-order valence-corrected chi connectivity index (χ0v) is 14.8. The van der Waals surface area contributed by atoms with Crippen molar-refractivity contribution in [2.75, 3.05) is 11.9 Å². The minimum Gasteiger partial charge on any atom is -0.488 e. The summed E-state index contributed by atoms with van der Waals surface area (Å²) >= 11 is 0. The van der Waals surface area contributed by atoms with E-state index in [0.29, 0.717) is 5.82 Å². The molecule has 0 saturated heterocycles. The predicted octanol–water partition coefficient (Wildman–Crippen LogP) is 3.49. The van der Waals surface area contributed by atoms with Gasteiger partial charge in [0.25, 0.3) is 5.91 Å². The molecule has 0 saturated carbocycles. The number of amides is 1. The van der Waals surface area contributed by atoms with Gasteiger partial charge in [-0.1, -0.05) is 0 Å². The second-order valence-electron chi connectivity index (χ2n) is 5.94. The molecule has 2 aromatic carbocycles. The lowest BCUT2D eigenvalue weighted by Crippen LogP contribution is -2.17. The molecule has 0 fully saturated rings. The molecular formula is C19H17F2N3O4. The maximum atomic E-state index is 13.4. The smallest absolute Gasteiger partial charge is 0.257 e. The Morgan fingerprint density at radius 1 is 1.14 bits per heavy atom. The fraction of sp³-hybridized carbons (Fsp3) is 0.158. The van der Waals surface area contributed by atoms with Gasteiger partial charge in [-0.05, 0) is 19.1 Å². The largest absolute Gasteiger partial charge is 0.488 e. The van der Waals surface area contributed by atoms with Crippen LogP contribution >= 0.6 is 0 Å². The monoisotopic (exact) mass is 389 g/mol. The zero-order chi connectivity index (χ0) is 20.1. The number of aromatic nitrogens is 2. The van der Waals surface area contributed by atoms with Crippen molar-refractivity contribution in [3.05, 3.63) is 65.9 Å². The molecule has 3 N–H and O–H groups in total. The van der Waals surface area contributed by atoms with E-state index < -0.39 is 23.6 Å². The number of anilines is 1. The van der Waals surface area contributed by atoms with Gasteiger partial charge in [-0.15, -0.1) is 0 Å². The number of aliphatic hydroxyl groups is 1. The highest BCUT2D eigenvalue weighted by atomic mass is 19.1. The zero-order valence-electron chi connectivity index (χ0n) is 14.8. The summed E-state index contributed by atoms with van der Waals surface area (Å²) in [6.45, 7) is 1.40. The second kappa shape index (κ2) is 8.49. The van der Waals surface area contributed by atoms with Crippen molar-refractivity contribution >= 4 is 11.7 Å². The quantitative estimate of drug-likeness (QED) is 0.575. The molecule has 1 heterocycles. The van der Waals surface area contributed by atoms with Crippen LogP contribution in [0.5, 0.6) is 17.2 Å². The van der Waals surface area contributed by atoms with E-state index in [2.05, 4.69) is 15.5 Å². The van der Waals surface area contributed by atoms with Gasteiger partial charge in [0.2, 0.25) is 0 Å². The van der Waals surface area contributed by atoms with Crippen LogP contribution < -0.4 is 14.8 Å². The molecule has 0 spiro atoms. The third-order valence-electron chi connectivity index (χ3n) is 3.56. The summed E-state index contributed by atoms with van der Waals surface area (Å²) in [5.41, 5.74) is 0.170. The van der Waals surface area contributed by atoms with Crippen LogP contribution in [0.4, 0.5) is 14.6 Å². The number of carbonyl (C=O) groups excluding carboxylic acids is 1. The molecule has 7 nitrogen and oxygen atoms in total. The van der Waals surface area contributed by atoms with Gasteiger partial charge < -0.3 is 19.9 Å². The first-order chi connectivity index (χ1) is 13.4. The van der Waals surface area contributed by atoms with Crippen LogP contribution in [0.3, 0.4) is 0 Å². The lowest BCUT2D eigenvalue weighted by atomic mass is 10.2. The Kier molecular flexibility index (Phi) is 5.85. The van der Waals surface area contributed by atoms with Crippen LogP contribution in [0.1, 0.15) is 17.3 Å². The molecule has 1 aromatic heterocycles. The predicted molar refractivity (Wildman–Crippen MR) is 96.6 cm³/mol. The first kappa shape index (κ1) is 19.3. The van der Waals surface area contributed by atoms with Crippen LogP contribution in [-0.2, 0) is 0 Å². The summed E-state index contributed by atoms with van der Waals surface area (Å²) in [6.07, 6.45) is 0.941. The number of nitrogens with zero attached hydrogens (tertiary/aromatic N) is 1. The van der Waals surface area contributed by atoms with Crippen molar-refractivity contribution < 1.29 is 28.2 Å². The van der Waals surface area contributed by atoms with E-state index in [0.717, 1.165) is 18.2 Å². The molecule has 3 rings (SSSR count). The van der Waals surface area contributed by atoms with E-state index in [4.69, 9.17) is 9.47 Å². The average molecular weight is 389 g/mol. The number of ether oxygens (including phenoxy) is 2. The topological polar surface area (TPSA) is 96.5 Å². The number of H-pyrrole nitrogens is 1. The summed E-state index contributed by atoms with van der Waals surface area (Å²) in [7, 11) is 0. The van der Waals surface area contributed by atoms with Crippen molar-refractivity contribution in [1.29, 1.82) is 0 Å². The highest BCUT2D eigenvalue weighted by Crippen LogP contribution is 2.29. The summed E-state index contributed by atoms with van der Waals surface area (Å²) < 4.78 is 37.8. The van der Waals surface area contributed by atoms with Crippen LogP contribution in [0.25, 0.3) is 0 Å². The van der Waals surface area contributed by atoms with Gasteiger partial charge in [-0.2, -0.15) is 5.10 Å². The molecule has 0 aliphatic rings. The number of carbonyl (C=O) groups is 1. The van der Waals surface area contributed by atoms with Crippen molar-refractivity contribution in [2.24, 2.45) is 0 Å². The Morgan fingerprint density at radius 2 is 1.82 bits per heavy atom. The minimum absolute atomic E-state index is 0.0789. The van der Waals surface area contributed by atoms with Gasteiger partial charge in [-0.25, -0.2) is 8.78 Å². The number of hydrogen-bond acceptors (Lipinski definition) is 5. The fourth-order valence-corrected chi connectivity index (χ4v) is 2.34. The number of nitrogens with one attached hydrogen (secondary N) is 2. The van der Waals surface area contributed by atoms with Gasteiger partial charge in [0.05, 0.1) is 12.8 Å². The van der Waals surface area contributed by atoms with Gasteiger partial charge in [0.1, 0.15) is 40.8 Å². The van der Waals surface area contributed by atoms with E-state index in [9.17, 15) is 18.7 Å². The molecule has 0 unspecified atom stereocenters. The third-order valence-corrected chi connectivity index (χ3v) is 3.56. The summed E-state index contributed by atoms with van der Waals surface area (Å²) in [4.78, 5) is 12.5. The van der Waals surface area contributed by atoms with E-state index >= 15 is 0 Å². The molecule has 0 bridgehead atoms. The normalized spacial score (nSPS) is 11.7. The Balaban J connectivity index is 1.91. The van der Waals surface area contributed by atoms with E-state index in [-0.39, 0.29) is 29.4 Å².